The second-order valence-electron chi connectivity index (χ2n) is 8.33. The van der Waals surface area contributed by atoms with Gasteiger partial charge in [-0.2, -0.15) is 0 Å². The molecule has 4 rings (SSSR count). The molecule has 0 bridgehead atoms. The summed E-state index contributed by atoms with van der Waals surface area (Å²) in [6.07, 6.45) is -0.0504. The first-order chi connectivity index (χ1) is 14.9. The van der Waals surface area contributed by atoms with Crippen LogP contribution in [-0.2, 0) is 4.74 Å². The number of aliphatic hydroxyl groups excluding tert-OH is 1. The Bertz CT molecular complexity index is 951. The highest BCUT2D eigenvalue weighted by Gasteiger charge is 2.51. The van der Waals surface area contributed by atoms with Crippen LogP contribution >= 0.6 is 15.9 Å². The van der Waals surface area contributed by atoms with Crippen LogP contribution in [0, 0.1) is 5.41 Å². The highest BCUT2D eigenvalue weighted by Crippen LogP contribution is 2.42. The molecule has 1 N–H and O–H groups in total. The van der Waals surface area contributed by atoms with E-state index in [0.29, 0.717) is 24.0 Å². The van der Waals surface area contributed by atoms with Crippen LogP contribution < -0.4 is 9.64 Å². The summed E-state index contributed by atoms with van der Waals surface area (Å²) in [5.74, 6) is -0.145. The largest absolute Gasteiger partial charge is 0.491 e. The van der Waals surface area contributed by atoms with Crippen molar-refractivity contribution in [2.45, 2.75) is 6.10 Å². The molecule has 0 amide bonds. The number of hydrogen-bond acceptors (Lipinski definition) is 7. The van der Waals surface area contributed by atoms with Crippen LogP contribution in [0.1, 0.15) is 20.7 Å². The molecule has 0 aliphatic carbocycles. The number of nitrogens with zero attached hydrogens (tertiary/aromatic N) is 2. The van der Waals surface area contributed by atoms with Crippen molar-refractivity contribution in [3.8, 4) is 5.75 Å². The van der Waals surface area contributed by atoms with E-state index < -0.39 is 12.1 Å². The Hall–Kier alpha value is -2.42. The van der Waals surface area contributed by atoms with Gasteiger partial charge in [0.1, 0.15) is 18.5 Å². The number of methoxy groups -OCH3 is 1. The van der Waals surface area contributed by atoms with E-state index in [9.17, 15) is 14.7 Å². The van der Waals surface area contributed by atoms with Crippen LogP contribution in [0.2, 0.25) is 0 Å². The van der Waals surface area contributed by atoms with Gasteiger partial charge in [0.25, 0.3) is 0 Å². The van der Waals surface area contributed by atoms with Gasteiger partial charge in [-0.1, -0.05) is 15.9 Å². The Balaban J connectivity index is 1.20. The van der Waals surface area contributed by atoms with Crippen molar-refractivity contribution in [3.05, 3.63) is 58.1 Å². The minimum absolute atomic E-state index is 0.115. The average molecular weight is 489 g/mol. The van der Waals surface area contributed by atoms with Crippen molar-refractivity contribution in [3.63, 3.8) is 0 Å². The molecule has 1 spiro atoms. The number of hydrogen-bond donors (Lipinski definition) is 1. The third kappa shape index (κ3) is 4.76. The number of likely N-dealkylation sites (tertiary alicyclic amines) is 1. The number of ether oxygens (including phenoxy) is 2. The zero-order valence-electron chi connectivity index (χ0n) is 17.3. The van der Waals surface area contributed by atoms with E-state index in [1.807, 2.05) is 0 Å². The normalized spacial score (nSPS) is 18.1. The molecular weight excluding hydrogens is 464 g/mol. The molecule has 1 atom stereocenters. The molecule has 2 fully saturated rings. The van der Waals surface area contributed by atoms with E-state index in [1.54, 1.807) is 6.07 Å². The summed E-state index contributed by atoms with van der Waals surface area (Å²) in [6, 6.07) is 12.9. The maximum absolute atomic E-state index is 11.7. The van der Waals surface area contributed by atoms with Gasteiger partial charge in [0.15, 0.2) is 6.29 Å². The van der Waals surface area contributed by atoms with Crippen molar-refractivity contribution in [1.82, 2.24) is 4.90 Å². The van der Waals surface area contributed by atoms with Crippen molar-refractivity contribution in [2.24, 2.45) is 5.41 Å². The van der Waals surface area contributed by atoms with E-state index >= 15 is 0 Å². The lowest BCUT2D eigenvalue weighted by Crippen LogP contribution is -2.72. The summed E-state index contributed by atoms with van der Waals surface area (Å²) in [4.78, 5) is 27.5. The lowest BCUT2D eigenvalue weighted by molar-refractivity contribution is -0.0507. The summed E-state index contributed by atoms with van der Waals surface area (Å²) >= 11 is 3.47. The standard InChI is InChI=1S/C23H25BrN2O5/c1-30-22(29)21-7-6-20(8-16(21)10-27)31-11-19(28)9-25-12-23(13-25)14-26(15-23)18-4-2-17(24)3-5-18/h2-8,10,19,28H,9,11-15H2,1H3/t19-/m1/s1. The fourth-order valence-corrected chi connectivity index (χ4v) is 4.66. The minimum Gasteiger partial charge on any atom is -0.491 e. The first kappa shape index (κ1) is 21.8. The van der Waals surface area contributed by atoms with Gasteiger partial charge in [-0.25, -0.2) is 4.79 Å². The molecule has 0 saturated carbocycles. The Morgan fingerprint density at radius 3 is 2.55 bits per heavy atom. The second-order valence-corrected chi connectivity index (χ2v) is 9.24. The van der Waals surface area contributed by atoms with Gasteiger partial charge >= 0.3 is 5.97 Å². The van der Waals surface area contributed by atoms with Crippen LogP contribution in [0.4, 0.5) is 5.69 Å². The van der Waals surface area contributed by atoms with Gasteiger partial charge in [-0.3, -0.25) is 9.69 Å². The summed E-state index contributed by atoms with van der Waals surface area (Å²) in [5, 5.41) is 10.3. The van der Waals surface area contributed by atoms with Crippen LogP contribution in [-0.4, -0.2) is 74.8 Å². The Kier molecular flexibility index (Phi) is 6.31. The molecule has 2 saturated heterocycles. The molecular formula is C23H25BrN2O5. The van der Waals surface area contributed by atoms with E-state index in [2.05, 4.69) is 54.7 Å². The zero-order chi connectivity index (χ0) is 22.0. The quantitative estimate of drug-likeness (QED) is 0.451. The van der Waals surface area contributed by atoms with Crippen LogP contribution in [0.3, 0.4) is 0 Å². The number of halogens is 1. The van der Waals surface area contributed by atoms with Crippen LogP contribution in [0.25, 0.3) is 0 Å². The second kappa shape index (κ2) is 8.98. The highest BCUT2D eigenvalue weighted by atomic mass is 79.9. The van der Waals surface area contributed by atoms with Gasteiger partial charge in [0.2, 0.25) is 0 Å². The zero-order valence-corrected chi connectivity index (χ0v) is 18.9. The Morgan fingerprint density at radius 1 is 1.19 bits per heavy atom. The fraction of sp³-hybridized carbons (Fsp3) is 0.391. The van der Waals surface area contributed by atoms with E-state index in [0.717, 1.165) is 30.7 Å². The van der Waals surface area contributed by atoms with Gasteiger partial charge in [0, 0.05) is 53.9 Å². The molecule has 2 aliphatic heterocycles. The van der Waals surface area contributed by atoms with E-state index in [1.165, 1.54) is 24.9 Å². The molecule has 2 aliphatic rings. The number of aldehydes is 1. The van der Waals surface area contributed by atoms with Gasteiger partial charge in [0.05, 0.1) is 12.7 Å². The SMILES string of the molecule is COC(=O)c1ccc(OC[C@H](O)CN2CC3(C2)CN(c2ccc(Br)cc2)C3)cc1C=O. The molecule has 0 radical (unpaired) electrons. The van der Waals surface area contributed by atoms with Crippen LogP contribution in [0.15, 0.2) is 46.9 Å². The minimum atomic E-state index is -0.639. The van der Waals surface area contributed by atoms with Gasteiger partial charge in [-0.05, 0) is 42.5 Å². The Labute approximate surface area is 189 Å². The number of β-amino-alcohol motifs (C(OH)–C–C–N with tert-alkyl or cyclic N) is 1. The topological polar surface area (TPSA) is 79.3 Å². The predicted octanol–water partition coefficient (Wildman–Crippen LogP) is 2.61. The lowest BCUT2D eigenvalue weighted by atomic mass is 9.72. The van der Waals surface area contributed by atoms with E-state index in [-0.39, 0.29) is 17.7 Å². The van der Waals surface area contributed by atoms with Gasteiger partial charge < -0.3 is 19.5 Å². The molecule has 31 heavy (non-hydrogen) atoms. The van der Waals surface area contributed by atoms with Crippen molar-refractivity contribution in [1.29, 1.82) is 0 Å². The third-order valence-corrected chi connectivity index (χ3v) is 6.36. The number of aliphatic hydroxyl groups is 1. The maximum Gasteiger partial charge on any atom is 0.338 e. The first-order valence-corrected chi connectivity index (χ1v) is 10.9. The number of carbonyl (C=O) groups is 2. The molecule has 8 heteroatoms. The Morgan fingerprint density at radius 2 is 1.90 bits per heavy atom. The van der Waals surface area contributed by atoms with Gasteiger partial charge in [-0.15, -0.1) is 0 Å². The average Bonchev–Trinajstić information content (AvgIpc) is 2.73. The summed E-state index contributed by atoms with van der Waals surface area (Å²) < 4.78 is 11.4. The smallest absolute Gasteiger partial charge is 0.338 e. The fourth-order valence-electron chi connectivity index (χ4n) is 4.40. The molecule has 164 valence electrons. The van der Waals surface area contributed by atoms with E-state index in [4.69, 9.17) is 4.74 Å². The van der Waals surface area contributed by atoms with Crippen molar-refractivity contribution >= 4 is 33.9 Å². The summed E-state index contributed by atoms with van der Waals surface area (Å²) in [6.45, 7) is 4.68. The molecule has 2 aromatic carbocycles. The monoisotopic (exact) mass is 488 g/mol. The third-order valence-electron chi connectivity index (χ3n) is 5.83. The molecule has 2 aromatic rings. The van der Waals surface area contributed by atoms with Crippen LogP contribution in [0.5, 0.6) is 5.75 Å². The molecule has 0 unspecified atom stereocenters. The predicted molar refractivity (Wildman–Crippen MR) is 120 cm³/mol. The number of anilines is 1. The highest BCUT2D eigenvalue weighted by molar-refractivity contribution is 9.10. The molecule has 7 nitrogen and oxygen atoms in total. The summed E-state index contributed by atoms with van der Waals surface area (Å²) in [5.41, 5.74) is 1.96. The lowest BCUT2D eigenvalue weighted by Gasteiger charge is -2.61. The van der Waals surface area contributed by atoms with Crippen molar-refractivity contribution in [2.75, 3.05) is 51.3 Å². The number of rotatable bonds is 8. The molecule has 2 heterocycles. The number of benzene rings is 2. The maximum atomic E-state index is 11.7. The molecule has 0 aromatic heterocycles. The first-order valence-electron chi connectivity index (χ1n) is 10.1. The summed E-state index contributed by atoms with van der Waals surface area (Å²) in [7, 11) is 1.26. The van der Waals surface area contributed by atoms with Crippen molar-refractivity contribution < 1.29 is 24.2 Å². The number of esters is 1. The number of carbonyl (C=O) groups excluding carboxylic acids is 2.